The molecule has 184 valence electrons. The van der Waals surface area contributed by atoms with Crippen molar-refractivity contribution in [3.63, 3.8) is 0 Å². The van der Waals surface area contributed by atoms with Crippen LogP contribution in [0, 0.1) is 0 Å². The van der Waals surface area contributed by atoms with E-state index in [1.807, 2.05) is 18.2 Å². The number of ether oxygens (including phenoxy) is 1. The fourth-order valence-electron chi connectivity index (χ4n) is 2.98. The van der Waals surface area contributed by atoms with Crippen LogP contribution >= 0.6 is 11.6 Å². The van der Waals surface area contributed by atoms with Crippen LogP contribution in [0.25, 0.3) is 0 Å². The first-order chi connectivity index (χ1) is 16.7. The molecule has 0 spiro atoms. The van der Waals surface area contributed by atoms with Crippen molar-refractivity contribution >= 4 is 35.6 Å². The number of nitrogens with one attached hydrogen (secondary N) is 1. The predicted molar refractivity (Wildman–Crippen MR) is 131 cm³/mol. The molecule has 12 heteroatoms. The minimum Gasteiger partial charge on any atom is -0.480 e. The molecule has 1 atom stereocenters. The average molecular weight is 500 g/mol. The van der Waals surface area contributed by atoms with Crippen molar-refractivity contribution in [1.82, 2.24) is 24.8 Å². The van der Waals surface area contributed by atoms with E-state index >= 15 is 0 Å². The molecule has 0 bridgehead atoms. The number of hydrogen-bond donors (Lipinski definition) is 2. The molecule has 0 radical (unpaired) electrons. The first-order valence-electron chi connectivity index (χ1n) is 10.7. The lowest BCUT2D eigenvalue weighted by atomic mass is 10.1. The number of carbonyl (C=O) groups excluding carboxylic acids is 1. The number of pyridine rings is 1. The van der Waals surface area contributed by atoms with Crippen LogP contribution in [0.3, 0.4) is 0 Å². The molecule has 3 rings (SSSR count). The molecule has 0 aliphatic heterocycles. The molecule has 2 aromatic heterocycles. The maximum absolute atomic E-state index is 11.9. The summed E-state index contributed by atoms with van der Waals surface area (Å²) in [4.78, 5) is 43.5. The van der Waals surface area contributed by atoms with Gasteiger partial charge in [0.1, 0.15) is 11.8 Å². The Morgan fingerprint density at radius 1 is 1.09 bits per heavy atom. The largest absolute Gasteiger partial charge is 0.480 e. The summed E-state index contributed by atoms with van der Waals surface area (Å²) in [7, 11) is 4.96. The fourth-order valence-corrected chi connectivity index (χ4v) is 3.14. The van der Waals surface area contributed by atoms with E-state index in [0.717, 1.165) is 5.69 Å². The van der Waals surface area contributed by atoms with Crippen molar-refractivity contribution in [2.45, 2.75) is 18.9 Å². The number of rotatable bonds is 10. The van der Waals surface area contributed by atoms with E-state index in [1.165, 1.54) is 4.90 Å². The molecular formula is C23H26ClN7O4. The van der Waals surface area contributed by atoms with Gasteiger partial charge in [-0.3, -0.25) is 4.98 Å². The second-order valence-electron chi connectivity index (χ2n) is 7.87. The molecule has 0 unspecified atom stereocenters. The fraction of sp³-hybridized carbons (Fsp3) is 0.304. The van der Waals surface area contributed by atoms with Gasteiger partial charge in [0.25, 0.3) is 0 Å². The number of aliphatic carboxylic acids is 1. The zero-order valence-electron chi connectivity index (χ0n) is 19.6. The lowest BCUT2D eigenvalue weighted by Crippen LogP contribution is -2.33. The molecule has 35 heavy (non-hydrogen) atoms. The Hall–Kier alpha value is -3.99. The quantitative estimate of drug-likeness (QED) is 0.428. The molecule has 0 saturated heterocycles. The van der Waals surface area contributed by atoms with E-state index in [0.29, 0.717) is 30.2 Å². The van der Waals surface area contributed by atoms with E-state index in [4.69, 9.17) is 16.3 Å². The molecule has 0 aliphatic rings. The summed E-state index contributed by atoms with van der Waals surface area (Å²) in [5.41, 5.74) is 1.63. The first-order valence-corrected chi connectivity index (χ1v) is 11.1. The van der Waals surface area contributed by atoms with Crippen molar-refractivity contribution in [3.05, 3.63) is 65.2 Å². The summed E-state index contributed by atoms with van der Waals surface area (Å²) in [6, 6.07) is 11.2. The zero-order chi connectivity index (χ0) is 25.4. The summed E-state index contributed by atoms with van der Waals surface area (Å²) in [6.07, 6.45) is 2.02. The Morgan fingerprint density at radius 3 is 2.46 bits per heavy atom. The van der Waals surface area contributed by atoms with Gasteiger partial charge in [-0.25, -0.2) is 9.59 Å². The Bertz CT molecular complexity index is 1150. The Balaban J connectivity index is 1.66. The molecule has 0 aliphatic carbocycles. The van der Waals surface area contributed by atoms with Gasteiger partial charge in [-0.1, -0.05) is 18.2 Å². The molecule has 2 heterocycles. The highest BCUT2D eigenvalue weighted by Gasteiger charge is 2.21. The number of hydrogen-bond acceptors (Lipinski definition) is 9. The molecular weight excluding hydrogens is 474 g/mol. The number of likely N-dealkylation sites (N-methyl/N-ethyl adjacent to an activating group) is 1. The summed E-state index contributed by atoms with van der Waals surface area (Å²) in [6.45, 7) is 0.573. The molecule has 3 aromatic rings. The summed E-state index contributed by atoms with van der Waals surface area (Å²) in [5, 5.41) is 12.5. The SMILES string of the molecule is CN(C)C(=O)Oc1ccc(C[C@H](Nc2nc(Cl)nc(N(C)CCc3ccccn3)n2)C(=O)O)cc1. The van der Waals surface area contributed by atoms with Crippen LogP contribution in [0.4, 0.5) is 16.7 Å². The Morgan fingerprint density at radius 2 is 1.83 bits per heavy atom. The van der Waals surface area contributed by atoms with Crippen LogP contribution in [0.5, 0.6) is 5.75 Å². The normalized spacial score (nSPS) is 11.4. The molecule has 0 saturated carbocycles. The zero-order valence-corrected chi connectivity index (χ0v) is 20.3. The van der Waals surface area contributed by atoms with Crippen molar-refractivity contribution in [3.8, 4) is 5.75 Å². The van der Waals surface area contributed by atoms with Crippen molar-refractivity contribution < 1.29 is 19.4 Å². The minimum atomic E-state index is -1.09. The molecule has 0 fully saturated rings. The summed E-state index contributed by atoms with van der Waals surface area (Å²) in [5.74, 6) is -0.377. The van der Waals surface area contributed by atoms with E-state index in [9.17, 15) is 14.7 Å². The van der Waals surface area contributed by atoms with Gasteiger partial charge in [0.05, 0.1) is 0 Å². The van der Waals surface area contributed by atoms with Crippen LogP contribution < -0.4 is 15.0 Å². The van der Waals surface area contributed by atoms with Gasteiger partial charge in [-0.05, 0) is 41.4 Å². The van der Waals surface area contributed by atoms with Gasteiger partial charge in [0.15, 0.2) is 0 Å². The minimum absolute atomic E-state index is 0.0496. The lowest BCUT2D eigenvalue weighted by Gasteiger charge is -2.19. The Labute approximate surface area is 207 Å². The van der Waals surface area contributed by atoms with Gasteiger partial charge in [0.2, 0.25) is 17.2 Å². The average Bonchev–Trinajstić information content (AvgIpc) is 2.83. The third-order valence-corrected chi connectivity index (χ3v) is 5.07. The summed E-state index contributed by atoms with van der Waals surface area (Å²) < 4.78 is 5.18. The van der Waals surface area contributed by atoms with Crippen LogP contribution in [0.1, 0.15) is 11.3 Å². The van der Waals surface area contributed by atoms with Gasteiger partial charge in [-0.2, -0.15) is 15.0 Å². The second kappa shape index (κ2) is 11.9. The van der Waals surface area contributed by atoms with Crippen LogP contribution in [-0.2, 0) is 17.6 Å². The van der Waals surface area contributed by atoms with Crippen molar-refractivity contribution in [1.29, 1.82) is 0 Å². The molecule has 1 amide bonds. The van der Waals surface area contributed by atoms with Gasteiger partial charge in [-0.15, -0.1) is 0 Å². The van der Waals surface area contributed by atoms with Crippen molar-refractivity contribution in [2.24, 2.45) is 0 Å². The number of nitrogens with zero attached hydrogens (tertiary/aromatic N) is 6. The Kier molecular flexibility index (Phi) is 8.74. The number of carboxylic acids is 1. The maximum atomic E-state index is 11.9. The predicted octanol–water partition coefficient (Wildman–Crippen LogP) is 2.77. The number of carboxylic acid groups (broad SMARTS) is 1. The third kappa shape index (κ3) is 7.78. The standard InChI is InChI=1S/C23H26ClN7O4/c1-30(2)23(34)35-17-9-7-15(8-10-17)14-18(19(32)33)26-21-27-20(24)28-22(29-21)31(3)13-11-16-6-4-5-12-25-16/h4-10,12,18H,11,13-14H2,1-3H3,(H,32,33)(H,26,27,28,29)/t18-/m0/s1. The number of anilines is 2. The second-order valence-corrected chi connectivity index (χ2v) is 8.20. The van der Waals surface area contributed by atoms with E-state index in [2.05, 4.69) is 25.3 Å². The van der Waals surface area contributed by atoms with Gasteiger partial charge >= 0.3 is 12.1 Å². The smallest absolute Gasteiger partial charge is 0.414 e. The first kappa shape index (κ1) is 25.6. The summed E-state index contributed by atoms with van der Waals surface area (Å²) >= 11 is 6.08. The van der Waals surface area contributed by atoms with E-state index in [1.54, 1.807) is 56.5 Å². The van der Waals surface area contributed by atoms with Gasteiger partial charge in [0, 0.05) is 52.4 Å². The highest BCUT2D eigenvalue weighted by atomic mass is 35.5. The van der Waals surface area contributed by atoms with E-state index < -0.39 is 18.1 Å². The topological polar surface area (TPSA) is 134 Å². The number of amides is 1. The molecule has 1 aromatic carbocycles. The van der Waals surface area contributed by atoms with Crippen LogP contribution in [-0.4, -0.2) is 75.7 Å². The van der Waals surface area contributed by atoms with Crippen molar-refractivity contribution in [2.75, 3.05) is 37.9 Å². The van der Waals surface area contributed by atoms with Crippen LogP contribution in [0.15, 0.2) is 48.7 Å². The molecule has 2 N–H and O–H groups in total. The number of aromatic nitrogens is 4. The number of carbonyl (C=O) groups is 2. The highest BCUT2D eigenvalue weighted by molar-refractivity contribution is 6.28. The van der Waals surface area contributed by atoms with Crippen LogP contribution in [0.2, 0.25) is 5.28 Å². The number of benzene rings is 1. The number of halogens is 1. The molecule has 11 nitrogen and oxygen atoms in total. The third-order valence-electron chi connectivity index (χ3n) is 4.90. The highest BCUT2D eigenvalue weighted by Crippen LogP contribution is 2.17. The lowest BCUT2D eigenvalue weighted by molar-refractivity contribution is -0.137. The maximum Gasteiger partial charge on any atom is 0.414 e. The van der Waals surface area contributed by atoms with Gasteiger partial charge < -0.3 is 25.0 Å². The van der Waals surface area contributed by atoms with E-state index in [-0.39, 0.29) is 17.7 Å². The monoisotopic (exact) mass is 499 g/mol.